The number of hydrogen-bond acceptors (Lipinski definition) is 4. The molecule has 5 nitrogen and oxygen atoms in total. The van der Waals surface area contributed by atoms with Gasteiger partial charge in [0, 0.05) is 13.1 Å². The number of aryl methyl sites for hydroxylation is 2. The Morgan fingerprint density at radius 3 is 2.70 bits per heavy atom. The van der Waals surface area contributed by atoms with Gasteiger partial charge in [0.25, 0.3) is 0 Å². The first kappa shape index (κ1) is 12.8. The second-order valence-electron chi connectivity index (χ2n) is 5.15. The smallest absolute Gasteiger partial charge is 0.231 e. The molecule has 0 aliphatic carbocycles. The lowest BCUT2D eigenvalue weighted by Gasteiger charge is -2.16. The summed E-state index contributed by atoms with van der Waals surface area (Å²) < 4.78 is 12.7. The first-order chi connectivity index (χ1) is 9.56. The molecule has 1 unspecified atom stereocenters. The molecule has 0 fully saturated rings. The fraction of sp³-hybridized carbons (Fsp3) is 0.400. The third-order valence-corrected chi connectivity index (χ3v) is 3.77. The van der Waals surface area contributed by atoms with Gasteiger partial charge in [-0.3, -0.25) is 4.68 Å². The number of rotatable bonds is 3. The van der Waals surface area contributed by atoms with Gasteiger partial charge in [0.2, 0.25) is 6.79 Å². The molecular weight excluding hydrogens is 254 g/mol. The van der Waals surface area contributed by atoms with E-state index in [0.717, 1.165) is 34.1 Å². The van der Waals surface area contributed by atoms with E-state index in [2.05, 4.69) is 30.3 Å². The first-order valence-corrected chi connectivity index (χ1v) is 6.72. The summed E-state index contributed by atoms with van der Waals surface area (Å²) in [5.41, 5.74) is 4.40. The Morgan fingerprint density at radius 1 is 1.25 bits per heavy atom. The Labute approximate surface area is 118 Å². The molecule has 106 valence electrons. The molecule has 1 aliphatic rings. The predicted octanol–water partition coefficient (Wildman–Crippen LogP) is 2.94. The minimum atomic E-state index is 0.172. The van der Waals surface area contributed by atoms with Crippen molar-refractivity contribution >= 4 is 5.69 Å². The maximum absolute atomic E-state index is 5.42. The number of nitrogens with one attached hydrogen (secondary N) is 1. The number of fused-ring (bicyclic) bond motifs is 1. The van der Waals surface area contributed by atoms with Crippen LogP contribution in [-0.2, 0) is 7.05 Å². The Hall–Kier alpha value is -2.17. The van der Waals surface area contributed by atoms with Gasteiger partial charge in [0.1, 0.15) is 0 Å². The summed E-state index contributed by atoms with van der Waals surface area (Å²) in [6.45, 7) is 6.52. The summed E-state index contributed by atoms with van der Waals surface area (Å²) in [5.74, 6) is 1.63. The minimum absolute atomic E-state index is 0.172. The molecule has 5 heteroatoms. The number of aromatic nitrogens is 2. The van der Waals surface area contributed by atoms with E-state index in [-0.39, 0.29) is 6.04 Å². The SMILES string of the molecule is Cc1nn(C)c(C)c1NC(C)c1ccc2c(c1)OCO2. The molecule has 0 amide bonds. The third kappa shape index (κ3) is 2.09. The number of hydrogen-bond donors (Lipinski definition) is 1. The molecule has 3 rings (SSSR count). The largest absolute Gasteiger partial charge is 0.454 e. The summed E-state index contributed by atoms with van der Waals surface area (Å²) in [6, 6.07) is 6.22. The van der Waals surface area contributed by atoms with Gasteiger partial charge < -0.3 is 14.8 Å². The van der Waals surface area contributed by atoms with Crippen molar-refractivity contribution in [2.75, 3.05) is 12.1 Å². The topological polar surface area (TPSA) is 48.3 Å². The lowest BCUT2D eigenvalue weighted by atomic mass is 10.1. The first-order valence-electron chi connectivity index (χ1n) is 6.72. The lowest BCUT2D eigenvalue weighted by Crippen LogP contribution is -2.08. The zero-order valence-electron chi connectivity index (χ0n) is 12.2. The van der Waals surface area contributed by atoms with Gasteiger partial charge in [-0.25, -0.2) is 0 Å². The van der Waals surface area contributed by atoms with Crippen molar-refractivity contribution in [2.45, 2.75) is 26.8 Å². The van der Waals surface area contributed by atoms with Crippen molar-refractivity contribution in [3.05, 3.63) is 35.2 Å². The van der Waals surface area contributed by atoms with Crippen molar-refractivity contribution in [3.8, 4) is 11.5 Å². The number of benzene rings is 1. The van der Waals surface area contributed by atoms with E-state index in [1.165, 1.54) is 0 Å². The molecule has 1 atom stereocenters. The summed E-state index contributed by atoms with van der Waals surface area (Å²) in [7, 11) is 1.96. The Bertz CT molecular complexity index is 649. The minimum Gasteiger partial charge on any atom is -0.454 e. The molecule has 1 N–H and O–H groups in total. The summed E-state index contributed by atoms with van der Waals surface area (Å²) in [6.07, 6.45) is 0. The van der Waals surface area contributed by atoms with Crippen LogP contribution in [0.1, 0.15) is 29.9 Å². The summed E-state index contributed by atoms with van der Waals surface area (Å²) >= 11 is 0. The van der Waals surface area contributed by atoms with Gasteiger partial charge in [-0.1, -0.05) is 6.07 Å². The Balaban J connectivity index is 1.84. The van der Waals surface area contributed by atoms with E-state index < -0.39 is 0 Å². The average Bonchev–Trinajstić information content (AvgIpc) is 2.98. The molecule has 0 saturated carbocycles. The zero-order chi connectivity index (χ0) is 14.3. The maximum Gasteiger partial charge on any atom is 0.231 e. The molecular formula is C15H19N3O2. The van der Waals surface area contributed by atoms with E-state index in [9.17, 15) is 0 Å². The number of anilines is 1. The molecule has 1 aromatic carbocycles. The Morgan fingerprint density at radius 2 is 2.00 bits per heavy atom. The highest BCUT2D eigenvalue weighted by molar-refractivity contribution is 5.54. The lowest BCUT2D eigenvalue weighted by molar-refractivity contribution is 0.174. The zero-order valence-corrected chi connectivity index (χ0v) is 12.2. The van der Waals surface area contributed by atoms with E-state index >= 15 is 0 Å². The second-order valence-corrected chi connectivity index (χ2v) is 5.15. The van der Waals surface area contributed by atoms with E-state index in [1.807, 2.05) is 30.8 Å². The third-order valence-electron chi connectivity index (χ3n) is 3.77. The van der Waals surface area contributed by atoms with Crippen LogP contribution in [0.15, 0.2) is 18.2 Å². The quantitative estimate of drug-likeness (QED) is 0.934. The van der Waals surface area contributed by atoms with Crippen molar-refractivity contribution in [3.63, 3.8) is 0 Å². The van der Waals surface area contributed by atoms with E-state index in [1.54, 1.807) is 0 Å². The number of ether oxygens (including phenoxy) is 2. The molecule has 2 aromatic rings. The van der Waals surface area contributed by atoms with Crippen LogP contribution in [0.5, 0.6) is 11.5 Å². The highest BCUT2D eigenvalue weighted by Crippen LogP contribution is 2.35. The van der Waals surface area contributed by atoms with Gasteiger partial charge in [0.15, 0.2) is 11.5 Å². The molecule has 1 aromatic heterocycles. The standard InChI is InChI=1S/C15H19N3O2/c1-9(16-15-10(2)17-18(4)11(15)3)12-5-6-13-14(7-12)20-8-19-13/h5-7,9,16H,8H2,1-4H3. The van der Waals surface area contributed by atoms with Crippen molar-refractivity contribution in [2.24, 2.45) is 7.05 Å². The van der Waals surface area contributed by atoms with Crippen LogP contribution < -0.4 is 14.8 Å². The molecule has 0 radical (unpaired) electrons. The van der Waals surface area contributed by atoms with Gasteiger partial charge in [-0.15, -0.1) is 0 Å². The summed E-state index contributed by atoms with van der Waals surface area (Å²) in [4.78, 5) is 0. The van der Waals surface area contributed by atoms with Gasteiger partial charge in [0.05, 0.1) is 17.1 Å². The highest BCUT2D eigenvalue weighted by Gasteiger charge is 2.17. The van der Waals surface area contributed by atoms with Crippen molar-refractivity contribution < 1.29 is 9.47 Å². The van der Waals surface area contributed by atoms with Crippen LogP contribution in [0.4, 0.5) is 5.69 Å². The molecule has 1 aliphatic heterocycles. The van der Waals surface area contributed by atoms with Crippen LogP contribution in [0.2, 0.25) is 0 Å². The van der Waals surface area contributed by atoms with Crippen molar-refractivity contribution in [1.82, 2.24) is 9.78 Å². The van der Waals surface area contributed by atoms with Gasteiger partial charge in [-0.2, -0.15) is 5.10 Å². The summed E-state index contributed by atoms with van der Waals surface area (Å²) in [5, 5.41) is 7.95. The highest BCUT2D eigenvalue weighted by atomic mass is 16.7. The van der Waals surface area contributed by atoms with Crippen LogP contribution in [-0.4, -0.2) is 16.6 Å². The Kier molecular flexibility index (Phi) is 3.04. The maximum atomic E-state index is 5.42. The normalized spacial score (nSPS) is 14.4. The average molecular weight is 273 g/mol. The monoisotopic (exact) mass is 273 g/mol. The van der Waals surface area contributed by atoms with Gasteiger partial charge >= 0.3 is 0 Å². The fourth-order valence-corrected chi connectivity index (χ4v) is 2.46. The molecule has 20 heavy (non-hydrogen) atoms. The van der Waals surface area contributed by atoms with Crippen LogP contribution in [0, 0.1) is 13.8 Å². The van der Waals surface area contributed by atoms with Crippen LogP contribution in [0.3, 0.4) is 0 Å². The molecule has 0 bridgehead atoms. The fourth-order valence-electron chi connectivity index (χ4n) is 2.46. The predicted molar refractivity (Wildman–Crippen MR) is 77.3 cm³/mol. The van der Waals surface area contributed by atoms with E-state index in [0.29, 0.717) is 6.79 Å². The van der Waals surface area contributed by atoms with Crippen molar-refractivity contribution in [1.29, 1.82) is 0 Å². The molecule has 2 heterocycles. The molecule has 0 spiro atoms. The van der Waals surface area contributed by atoms with Gasteiger partial charge in [-0.05, 0) is 38.5 Å². The van der Waals surface area contributed by atoms with Crippen LogP contribution >= 0.6 is 0 Å². The van der Waals surface area contributed by atoms with E-state index in [4.69, 9.17) is 9.47 Å². The number of nitrogens with zero attached hydrogens (tertiary/aromatic N) is 2. The second kappa shape index (κ2) is 4.74. The molecule has 0 saturated heterocycles. The van der Waals surface area contributed by atoms with Crippen LogP contribution in [0.25, 0.3) is 0 Å².